The van der Waals surface area contributed by atoms with Crippen LogP contribution in [0.3, 0.4) is 0 Å². The lowest BCUT2D eigenvalue weighted by Gasteiger charge is -2.05. The van der Waals surface area contributed by atoms with Crippen LogP contribution in [0.15, 0.2) is 24.3 Å². The largest absolute Gasteiger partial charge is 0.427 e. The molecule has 2 unspecified atom stereocenters. The highest BCUT2D eigenvalue weighted by molar-refractivity contribution is 5.69. The van der Waals surface area contributed by atoms with Crippen molar-refractivity contribution in [2.45, 2.75) is 103 Å². The molecule has 1 fully saturated rings. The van der Waals surface area contributed by atoms with Crippen LogP contribution in [0.1, 0.15) is 90.0 Å². The van der Waals surface area contributed by atoms with Gasteiger partial charge in [0.15, 0.2) is 0 Å². The zero-order valence-corrected chi connectivity index (χ0v) is 16.7. The first-order valence-electron chi connectivity index (χ1n) is 10.6. The van der Waals surface area contributed by atoms with Gasteiger partial charge in [0.25, 0.3) is 0 Å². The number of unbranched alkanes of at least 4 members (excludes halogenated alkanes) is 7. The molecule has 0 saturated carbocycles. The normalized spacial score (nSPS) is 18.7. The molecule has 0 spiro atoms. The minimum absolute atomic E-state index is 0.259. The zero-order valence-electron chi connectivity index (χ0n) is 16.7. The third-order valence-electron chi connectivity index (χ3n) is 5.14. The van der Waals surface area contributed by atoms with E-state index < -0.39 is 0 Å². The van der Waals surface area contributed by atoms with E-state index in [1.165, 1.54) is 83.1 Å². The molecule has 1 saturated heterocycles. The first-order chi connectivity index (χ1) is 12.7. The van der Waals surface area contributed by atoms with Crippen LogP contribution in [-0.4, -0.2) is 18.2 Å². The maximum absolute atomic E-state index is 11.0. The number of carbonyl (C=O) groups is 1. The van der Waals surface area contributed by atoms with Crippen molar-refractivity contribution in [3.8, 4) is 5.75 Å². The summed E-state index contributed by atoms with van der Waals surface area (Å²) in [6.45, 7) is 3.70. The van der Waals surface area contributed by atoms with Gasteiger partial charge in [-0.3, -0.25) is 4.79 Å². The average molecular weight is 361 g/mol. The number of hydrogen-bond donors (Lipinski definition) is 0. The minimum atomic E-state index is -0.259. The fraction of sp³-hybridized carbons (Fsp3) is 0.696. The third kappa shape index (κ3) is 8.84. The first kappa shape index (κ1) is 21.0. The first-order valence-corrected chi connectivity index (χ1v) is 10.6. The predicted molar refractivity (Wildman–Crippen MR) is 107 cm³/mol. The van der Waals surface area contributed by atoms with Crippen LogP contribution in [0.25, 0.3) is 0 Å². The number of esters is 1. The number of epoxide rings is 1. The number of carbonyl (C=O) groups excluding carboxylic acids is 1. The van der Waals surface area contributed by atoms with Crippen molar-refractivity contribution in [1.82, 2.24) is 0 Å². The summed E-state index contributed by atoms with van der Waals surface area (Å²) in [5, 5.41) is 0. The van der Waals surface area contributed by atoms with Gasteiger partial charge in [0.2, 0.25) is 0 Å². The molecule has 0 aromatic heterocycles. The topological polar surface area (TPSA) is 38.8 Å². The molecule has 1 aliphatic heterocycles. The maximum atomic E-state index is 11.0. The minimum Gasteiger partial charge on any atom is -0.427 e. The van der Waals surface area contributed by atoms with Gasteiger partial charge in [-0.1, -0.05) is 70.4 Å². The molecule has 26 heavy (non-hydrogen) atoms. The van der Waals surface area contributed by atoms with Gasteiger partial charge in [-0.05, 0) is 43.4 Å². The van der Waals surface area contributed by atoms with Crippen LogP contribution < -0.4 is 4.74 Å². The average Bonchev–Trinajstić information content (AvgIpc) is 3.36. The van der Waals surface area contributed by atoms with Crippen LogP contribution in [0, 0.1) is 0 Å². The molecule has 0 aliphatic carbocycles. The molecule has 1 aromatic carbocycles. The lowest BCUT2D eigenvalue weighted by atomic mass is 10.0. The molecule has 1 heterocycles. The van der Waals surface area contributed by atoms with Crippen molar-refractivity contribution in [3.63, 3.8) is 0 Å². The predicted octanol–water partition coefficient (Wildman–Crippen LogP) is 6.23. The van der Waals surface area contributed by atoms with Gasteiger partial charge in [-0.25, -0.2) is 0 Å². The summed E-state index contributed by atoms with van der Waals surface area (Å²) in [4.78, 5) is 11.0. The van der Waals surface area contributed by atoms with E-state index in [0.29, 0.717) is 18.0 Å². The molecule has 0 bridgehead atoms. The summed E-state index contributed by atoms with van der Waals surface area (Å²) < 4.78 is 10.9. The Kier molecular flexibility index (Phi) is 9.76. The van der Waals surface area contributed by atoms with Crippen LogP contribution in [0.2, 0.25) is 0 Å². The Morgan fingerprint density at radius 1 is 0.962 bits per heavy atom. The zero-order chi connectivity index (χ0) is 18.6. The summed E-state index contributed by atoms with van der Waals surface area (Å²) in [5.74, 6) is 0.397. The monoisotopic (exact) mass is 360 g/mol. The van der Waals surface area contributed by atoms with E-state index >= 15 is 0 Å². The standard InChI is InChI=1S/C23H36O3/c1-3-4-5-10-16-22-23(26-22)17-11-8-6-7-9-13-20-14-12-15-21(18-20)25-19(2)24/h12,14-15,18,22-23H,3-11,13,16-17H2,1-2H3. The van der Waals surface area contributed by atoms with Crippen LogP contribution in [0.4, 0.5) is 0 Å². The SMILES string of the molecule is CCCCCCC1OC1CCCCCCCc1cccc(OC(C)=O)c1. The van der Waals surface area contributed by atoms with Crippen molar-refractivity contribution in [3.05, 3.63) is 29.8 Å². The maximum Gasteiger partial charge on any atom is 0.308 e. The molecule has 146 valence electrons. The molecule has 3 nitrogen and oxygen atoms in total. The van der Waals surface area contributed by atoms with Crippen molar-refractivity contribution >= 4 is 5.97 Å². The molecule has 3 heteroatoms. The molecule has 1 aliphatic rings. The number of benzene rings is 1. The number of hydrogen-bond acceptors (Lipinski definition) is 3. The van der Waals surface area contributed by atoms with Gasteiger partial charge in [-0.15, -0.1) is 0 Å². The smallest absolute Gasteiger partial charge is 0.308 e. The van der Waals surface area contributed by atoms with Crippen LogP contribution in [0.5, 0.6) is 5.75 Å². The Morgan fingerprint density at radius 2 is 1.62 bits per heavy atom. The van der Waals surface area contributed by atoms with Crippen molar-refractivity contribution < 1.29 is 14.3 Å². The van der Waals surface area contributed by atoms with Gasteiger partial charge < -0.3 is 9.47 Å². The van der Waals surface area contributed by atoms with Crippen LogP contribution >= 0.6 is 0 Å². The number of rotatable bonds is 14. The second-order valence-electron chi connectivity index (χ2n) is 7.61. The number of ether oxygens (including phenoxy) is 2. The van der Waals surface area contributed by atoms with E-state index in [1.54, 1.807) is 0 Å². The highest BCUT2D eigenvalue weighted by atomic mass is 16.6. The molecule has 1 aromatic rings. The quantitative estimate of drug-likeness (QED) is 0.171. The van der Waals surface area contributed by atoms with Crippen molar-refractivity contribution in [2.24, 2.45) is 0 Å². The Bertz CT molecular complexity index is 526. The molecule has 2 atom stereocenters. The second kappa shape index (κ2) is 12.1. The van der Waals surface area contributed by atoms with Gasteiger partial charge in [0, 0.05) is 6.92 Å². The van der Waals surface area contributed by atoms with Gasteiger partial charge in [-0.2, -0.15) is 0 Å². The Balaban J connectivity index is 1.44. The summed E-state index contributed by atoms with van der Waals surface area (Å²) >= 11 is 0. The van der Waals surface area contributed by atoms with E-state index in [9.17, 15) is 4.79 Å². The fourth-order valence-electron chi connectivity index (χ4n) is 3.59. The van der Waals surface area contributed by atoms with Gasteiger partial charge >= 0.3 is 5.97 Å². The highest BCUT2D eigenvalue weighted by Gasteiger charge is 2.36. The Hall–Kier alpha value is -1.35. The van der Waals surface area contributed by atoms with E-state index in [4.69, 9.17) is 9.47 Å². The summed E-state index contributed by atoms with van der Waals surface area (Å²) in [6, 6.07) is 7.88. The molecule has 0 amide bonds. The Morgan fingerprint density at radius 3 is 2.31 bits per heavy atom. The molecule has 0 N–H and O–H groups in total. The van der Waals surface area contributed by atoms with Gasteiger partial charge in [0.05, 0.1) is 12.2 Å². The van der Waals surface area contributed by atoms with Crippen molar-refractivity contribution in [2.75, 3.05) is 0 Å². The highest BCUT2D eigenvalue weighted by Crippen LogP contribution is 2.31. The molecular formula is C23H36O3. The van der Waals surface area contributed by atoms with Crippen molar-refractivity contribution in [1.29, 1.82) is 0 Å². The summed E-state index contributed by atoms with van der Waals surface area (Å²) in [6.07, 6.45) is 16.5. The molecular weight excluding hydrogens is 324 g/mol. The lowest BCUT2D eigenvalue weighted by molar-refractivity contribution is -0.131. The van der Waals surface area contributed by atoms with E-state index in [2.05, 4.69) is 13.0 Å². The van der Waals surface area contributed by atoms with Crippen LogP contribution in [-0.2, 0) is 16.0 Å². The summed E-state index contributed by atoms with van der Waals surface area (Å²) in [7, 11) is 0. The number of aryl methyl sites for hydroxylation is 1. The fourth-order valence-corrected chi connectivity index (χ4v) is 3.59. The summed E-state index contributed by atoms with van der Waals surface area (Å²) in [5.41, 5.74) is 1.25. The Labute approximate surface area is 159 Å². The van der Waals surface area contributed by atoms with E-state index in [-0.39, 0.29) is 5.97 Å². The lowest BCUT2D eigenvalue weighted by Crippen LogP contribution is -2.01. The molecule has 2 rings (SSSR count). The molecule has 0 radical (unpaired) electrons. The van der Waals surface area contributed by atoms with E-state index in [0.717, 1.165) is 6.42 Å². The third-order valence-corrected chi connectivity index (χ3v) is 5.14. The second-order valence-corrected chi connectivity index (χ2v) is 7.61. The van der Waals surface area contributed by atoms with Gasteiger partial charge in [0.1, 0.15) is 5.75 Å². The van der Waals surface area contributed by atoms with E-state index in [1.807, 2.05) is 18.2 Å².